The molecule has 82 valence electrons. The van der Waals surface area contributed by atoms with Gasteiger partial charge < -0.3 is 9.47 Å². The van der Waals surface area contributed by atoms with Gasteiger partial charge in [0.2, 0.25) is 0 Å². The normalized spacial score (nSPS) is 9.80. The molecule has 0 spiro atoms. The molecule has 1 rings (SSSR count). The number of rotatable bonds is 3. The Morgan fingerprint density at radius 2 is 2.00 bits per heavy atom. The van der Waals surface area contributed by atoms with Gasteiger partial charge in [-0.3, -0.25) is 4.90 Å². The molecule has 0 aromatic heterocycles. The van der Waals surface area contributed by atoms with Gasteiger partial charge in [0.05, 0.1) is 12.8 Å². The van der Waals surface area contributed by atoms with Crippen molar-refractivity contribution in [2.45, 2.75) is 6.92 Å². The molecule has 1 aromatic rings. The predicted molar refractivity (Wildman–Crippen MR) is 57.9 cm³/mol. The highest BCUT2D eigenvalue weighted by Crippen LogP contribution is 2.19. The largest absolute Gasteiger partial charge is 0.452 e. The number of carbonyl (C=O) groups excluding carboxylic acids is 1. The molecule has 0 aliphatic heterocycles. The van der Waals surface area contributed by atoms with Crippen LogP contribution in [0.1, 0.15) is 5.56 Å². The van der Waals surface area contributed by atoms with Gasteiger partial charge >= 0.3 is 6.09 Å². The second-order valence-corrected chi connectivity index (χ2v) is 3.10. The van der Waals surface area contributed by atoms with Crippen LogP contribution in [0.5, 0.6) is 0 Å². The average molecular weight is 209 g/mol. The molecule has 1 amide bonds. The van der Waals surface area contributed by atoms with Crippen LogP contribution < -0.4 is 4.90 Å². The third kappa shape index (κ3) is 2.70. The predicted octanol–water partition coefficient (Wildman–Crippen LogP) is 2.17. The zero-order valence-electron chi connectivity index (χ0n) is 9.19. The Bertz CT molecular complexity index is 338. The van der Waals surface area contributed by atoms with Crippen LogP contribution in [0.15, 0.2) is 24.3 Å². The van der Waals surface area contributed by atoms with Crippen molar-refractivity contribution in [2.24, 2.45) is 0 Å². The first-order valence-electron chi connectivity index (χ1n) is 4.60. The summed E-state index contributed by atoms with van der Waals surface area (Å²) in [5.74, 6) is 0. The average Bonchev–Trinajstić information content (AvgIpc) is 2.26. The number of hydrogen-bond acceptors (Lipinski definition) is 3. The Morgan fingerprint density at radius 1 is 1.33 bits per heavy atom. The fourth-order valence-electron chi connectivity index (χ4n) is 1.33. The van der Waals surface area contributed by atoms with Gasteiger partial charge in [0.15, 0.2) is 0 Å². The summed E-state index contributed by atoms with van der Waals surface area (Å²) in [6, 6.07) is 7.57. The fourth-order valence-corrected chi connectivity index (χ4v) is 1.33. The molecule has 0 N–H and O–H groups in total. The molecule has 0 aliphatic rings. The number of ether oxygens (including phenoxy) is 2. The van der Waals surface area contributed by atoms with Gasteiger partial charge in [-0.05, 0) is 18.6 Å². The smallest absolute Gasteiger partial charge is 0.415 e. The highest BCUT2D eigenvalue weighted by Gasteiger charge is 2.16. The summed E-state index contributed by atoms with van der Waals surface area (Å²) in [5, 5.41) is 0. The Kier molecular flexibility index (Phi) is 4.12. The summed E-state index contributed by atoms with van der Waals surface area (Å²) in [6.07, 6.45) is -0.425. The Hall–Kier alpha value is -1.55. The maximum absolute atomic E-state index is 11.5. The maximum Gasteiger partial charge on any atom is 0.415 e. The summed E-state index contributed by atoms with van der Waals surface area (Å²) in [7, 11) is 2.89. The van der Waals surface area contributed by atoms with Crippen LogP contribution in [0.4, 0.5) is 10.5 Å². The number of nitrogens with zero attached hydrogens (tertiary/aromatic N) is 1. The molecular weight excluding hydrogens is 194 g/mol. The van der Waals surface area contributed by atoms with Crippen LogP contribution in [0.2, 0.25) is 0 Å². The Morgan fingerprint density at radius 3 is 2.53 bits per heavy atom. The lowest BCUT2D eigenvalue weighted by molar-refractivity contribution is 0.153. The van der Waals surface area contributed by atoms with Crippen LogP contribution in [-0.4, -0.2) is 27.0 Å². The van der Waals surface area contributed by atoms with Crippen molar-refractivity contribution in [2.75, 3.05) is 25.9 Å². The van der Waals surface area contributed by atoms with Gasteiger partial charge in [-0.25, -0.2) is 4.79 Å². The quantitative estimate of drug-likeness (QED) is 0.716. The zero-order chi connectivity index (χ0) is 11.3. The number of aryl methyl sites for hydroxylation is 1. The number of hydrogen-bond donors (Lipinski definition) is 0. The molecule has 0 atom stereocenters. The lowest BCUT2D eigenvalue weighted by Gasteiger charge is -2.21. The maximum atomic E-state index is 11.5. The highest BCUT2D eigenvalue weighted by atomic mass is 16.6. The molecule has 1 aromatic carbocycles. The Labute approximate surface area is 89.4 Å². The van der Waals surface area contributed by atoms with Crippen molar-refractivity contribution >= 4 is 11.8 Å². The number of carbonyl (C=O) groups is 1. The minimum Gasteiger partial charge on any atom is -0.452 e. The third-order valence-electron chi connectivity index (χ3n) is 2.06. The van der Waals surface area contributed by atoms with E-state index in [0.717, 1.165) is 11.3 Å². The van der Waals surface area contributed by atoms with Crippen molar-refractivity contribution in [3.63, 3.8) is 0 Å². The zero-order valence-corrected chi connectivity index (χ0v) is 9.19. The lowest BCUT2D eigenvalue weighted by atomic mass is 10.2. The highest BCUT2D eigenvalue weighted by molar-refractivity contribution is 5.88. The van der Waals surface area contributed by atoms with Crippen molar-refractivity contribution in [3.05, 3.63) is 29.8 Å². The van der Waals surface area contributed by atoms with Gasteiger partial charge in [-0.1, -0.05) is 18.2 Å². The van der Waals surface area contributed by atoms with E-state index in [0.29, 0.717) is 0 Å². The molecule has 0 saturated heterocycles. The summed E-state index contributed by atoms with van der Waals surface area (Å²) in [4.78, 5) is 12.9. The van der Waals surface area contributed by atoms with Crippen LogP contribution >= 0.6 is 0 Å². The second kappa shape index (κ2) is 5.36. The molecule has 0 aliphatic carbocycles. The van der Waals surface area contributed by atoms with Gasteiger partial charge in [0, 0.05) is 7.11 Å². The minimum absolute atomic E-state index is 0.178. The first-order chi connectivity index (χ1) is 7.20. The van der Waals surface area contributed by atoms with Crippen molar-refractivity contribution in [1.82, 2.24) is 0 Å². The molecule has 0 saturated carbocycles. The number of benzene rings is 1. The van der Waals surface area contributed by atoms with Crippen LogP contribution in [0.3, 0.4) is 0 Å². The number of amides is 1. The molecule has 0 bridgehead atoms. The fraction of sp³-hybridized carbons (Fsp3) is 0.364. The van der Waals surface area contributed by atoms with E-state index in [1.807, 2.05) is 31.2 Å². The van der Waals surface area contributed by atoms with E-state index in [4.69, 9.17) is 4.74 Å². The van der Waals surface area contributed by atoms with E-state index < -0.39 is 6.09 Å². The first-order valence-corrected chi connectivity index (χ1v) is 4.60. The van der Waals surface area contributed by atoms with Crippen molar-refractivity contribution < 1.29 is 14.3 Å². The molecule has 15 heavy (non-hydrogen) atoms. The summed E-state index contributed by atoms with van der Waals surface area (Å²) < 4.78 is 9.64. The summed E-state index contributed by atoms with van der Waals surface area (Å²) >= 11 is 0. The van der Waals surface area contributed by atoms with Gasteiger partial charge in [0.25, 0.3) is 0 Å². The van der Waals surface area contributed by atoms with Crippen LogP contribution in [-0.2, 0) is 9.47 Å². The monoisotopic (exact) mass is 209 g/mol. The standard InChI is InChI=1S/C11H15NO3/c1-9-6-4-5-7-10(9)12(8-14-2)11(13)15-3/h4-7H,8H2,1-3H3. The van der Waals surface area contributed by atoms with Crippen molar-refractivity contribution in [1.29, 1.82) is 0 Å². The molecule has 4 nitrogen and oxygen atoms in total. The van der Waals surface area contributed by atoms with E-state index in [9.17, 15) is 4.79 Å². The van der Waals surface area contributed by atoms with Crippen LogP contribution in [0, 0.1) is 6.92 Å². The van der Waals surface area contributed by atoms with E-state index in [-0.39, 0.29) is 6.73 Å². The molecule has 0 heterocycles. The van der Waals surface area contributed by atoms with Gasteiger partial charge in [-0.2, -0.15) is 0 Å². The van der Waals surface area contributed by atoms with E-state index in [1.165, 1.54) is 19.1 Å². The SMILES string of the molecule is COCN(C(=O)OC)c1ccccc1C. The number of para-hydroxylation sites is 1. The molecule has 0 radical (unpaired) electrons. The first kappa shape index (κ1) is 11.5. The molecule has 0 unspecified atom stereocenters. The van der Waals surface area contributed by atoms with E-state index >= 15 is 0 Å². The third-order valence-corrected chi connectivity index (χ3v) is 2.06. The number of methoxy groups -OCH3 is 2. The minimum atomic E-state index is -0.425. The second-order valence-electron chi connectivity index (χ2n) is 3.10. The molecule has 4 heteroatoms. The van der Waals surface area contributed by atoms with Crippen LogP contribution in [0.25, 0.3) is 0 Å². The van der Waals surface area contributed by atoms with Crippen molar-refractivity contribution in [3.8, 4) is 0 Å². The molecular formula is C11H15NO3. The van der Waals surface area contributed by atoms with E-state index in [1.54, 1.807) is 0 Å². The van der Waals surface area contributed by atoms with Gasteiger partial charge in [-0.15, -0.1) is 0 Å². The Balaban J connectivity index is 2.98. The molecule has 0 fully saturated rings. The number of anilines is 1. The van der Waals surface area contributed by atoms with Gasteiger partial charge in [0.1, 0.15) is 6.73 Å². The summed E-state index contributed by atoms with van der Waals surface area (Å²) in [6.45, 7) is 2.11. The lowest BCUT2D eigenvalue weighted by Crippen LogP contribution is -2.33. The summed E-state index contributed by atoms with van der Waals surface area (Å²) in [5.41, 5.74) is 1.80. The van der Waals surface area contributed by atoms with E-state index in [2.05, 4.69) is 4.74 Å². The topological polar surface area (TPSA) is 38.8 Å².